The summed E-state index contributed by atoms with van der Waals surface area (Å²) < 4.78 is 0. The summed E-state index contributed by atoms with van der Waals surface area (Å²) in [6, 6.07) is 15.2. The Balaban J connectivity index is 1.05. The van der Waals surface area contributed by atoms with Crippen molar-refractivity contribution in [2.75, 3.05) is 70.4 Å². The number of rotatable bonds is 7. The van der Waals surface area contributed by atoms with Crippen molar-refractivity contribution in [2.24, 2.45) is 0 Å². The van der Waals surface area contributed by atoms with Gasteiger partial charge in [0.25, 0.3) is 5.91 Å². The Morgan fingerprint density at radius 1 is 0.911 bits per heavy atom. The Bertz CT molecular complexity index is 1640. The summed E-state index contributed by atoms with van der Waals surface area (Å²) in [5.74, 6) is -0.0404. The highest BCUT2D eigenvalue weighted by Gasteiger charge is 2.30. The van der Waals surface area contributed by atoms with E-state index >= 15 is 0 Å². The molecule has 9 nitrogen and oxygen atoms in total. The number of piperazine rings is 1. The molecule has 3 saturated heterocycles. The van der Waals surface area contributed by atoms with E-state index in [-0.39, 0.29) is 12.5 Å². The molecule has 2 aromatic heterocycles. The van der Waals surface area contributed by atoms with Crippen molar-refractivity contribution in [3.8, 4) is 22.3 Å². The van der Waals surface area contributed by atoms with Crippen LogP contribution in [0.4, 0.5) is 5.69 Å². The highest BCUT2D eigenvalue weighted by atomic mass is 16.3. The van der Waals surface area contributed by atoms with E-state index in [1.54, 1.807) is 4.90 Å². The molecular formula is C36H44N6O3. The predicted octanol–water partition coefficient (Wildman–Crippen LogP) is 3.91. The third-order valence-corrected chi connectivity index (χ3v) is 10.1. The fourth-order valence-electron chi connectivity index (χ4n) is 7.58. The van der Waals surface area contributed by atoms with Gasteiger partial charge in [0.05, 0.1) is 12.7 Å². The lowest BCUT2D eigenvalue weighted by Gasteiger charge is -2.44. The number of fused-ring (bicyclic) bond motifs is 1. The van der Waals surface area contributed by atoms with Gasteiger partial charge in [-0.3, -0.25) is 9.69 Å². The summed E-state index contributed by atoms with van der Waals surface area (Å²) in [6.07, 6.45) is 5.93. The maximum Gasteiger partial charge on any atom is 0.254 e. The minimum atomic E-state index is -0.404. The molecular weight excluding hydrogens is 564 g/mol. The van der Waals surface area contributed by atoms with E-state index in [2.05, 4.69) is 51.7 Å². The van der Waals surface area contributed by atoms with Crippen LogP contribution in [0.3, 0.4) is 0 Å². The summed E-state index contributed by atoms with van der Waals surface area (Å²) in [5.41, 5.74) is 9.75. The van der Waals surface area contributed by atoms with E-state index in [1.165, 1.54) is 35.2 Å². The van der Waals surface area contributed by atoms with Crippen molar-refractivity contribution in [1.29, 1.82) is 0 Å². The molecule has 3 aliphatic rings. The fraction of sp³-hybridized carbons (Fsp3) is 0.444. The summed E-state index contributed by atoms with van der Waals surface area (Å²) in [5, 5.41) is 19.9. The molecule has 0 bridgehead atoms. The van der Waals surface area contributed by atoms with Gasteiger partial charge in [0.15, 0.2) is 0 Å². The van der Waals surface area contributed by atoms with Crippen LogP contribution in [-0.4, -0.2) is 118 Å². The minimum absolute atomic E-state index is 0.0404. The maximum atomic E-state index is 12.7. The number of aliphatic hydroxyl groups is 2. The summed E-state index contributed by atoms with van der Waals surface area (Å²) in [4.78, 5) is 30.0. The standard InChI is InChI=1S/C36H44N6O3/c1-24-17-28(18-25(2)34(24)41-13-11-40(12-14-41)30-7-9-39(10-8-30)15-16-43)29-19-32-33(21-38-35(32)37-20-29)26-3-5-27(6-4-26)36(45)42-22-31(44)23-42/h3-6,17-21,30-31,43-44H,7-16,22-23H2,1-2H3,(H,37,38). The number of carbonyl (C=O) groups excluding carboxylic acids is 1. The molecule has 236 valence electrons. The van der Waals surface area contributed by atoms with Crippen molar-refractivity contribution in [3.05, 3.63) is 71.5 Å². The Kier molecular flexibility index (Phi) is 8.35. The number of nitrogens with zero attached hydrogens (tertiary/aromatic N) is 5. The Morgan fingerprint density at radius 3 is 2.24 bits per heavy atom. The van der Waals surface area contributed by atoms with Gasteiger partial charge in [0.1, 0.15) is 5.65 Å². The number of pyridine rings is 1. The maximum absolute atomic E-state index is 12.7. The summed E-state index contributed by atoms with van der Waals surface area (Å²) >= 11 is 0. The highest BCUT2D eigenvalue weighted by Crippen LogP contribution is 2.35. The first-order valence-electron chi connectivity index (χ1n) is 16.4. The molecule has 0 unspecified atom stereocenters. The Morgan fingerprint density at radius 2 is 1.60 bits per heavy atom. The number of piperidine rings is 1. The van der Waals surface area contributed by atoms with E-state index in [4.69, 9.17) is 4.98 Å². The smallest absolute Gasteiger partial charge is 0.254 e. The number of benzene rings is 2. The number of aryl methyl sites for hydroxylation is 2. The van der Waals surface area contributed by atoms with E-state index in [9.17, 15) is 15.0 Å². The van der Waals surface area contributed by atoms with E-state index in [0.29, 0.717) is 24.7 Å². The van der Waals surface area contributed by atoms with Crippen LogP contribution in [0, 0.1) is 13.8 Å². The molecule has 9 heteroatoms. The van der Waals surface area contributed by atoms with Gasteiger partial charge in [-0.25, -0.2) is 4.98 Å². The number of nitrogens with one attached hydrogen (secondary N) is 1. The predicted molar refractivity (Wildman–Crippen MR) is 179 cm³/mol. The number of hydrogen-bond donors (Lipinski definition) is 3. The van der Waals surface area contributed by atoms with Crippen LogP contribution in [0.25, 0.3) is 33.3 Å². The summed E-state index contributed by atoms with van der Waals surface area (Å²) in [6.45, 7) is 12.8. The average molecular weight is 609 g/mol. The lowest BCUT2D eigenvalue weighted by atomic mass is 9.97. The first-order valence-corrected chi connectivity index (χ1v) is 16.4. The van der Waals surface area contributed by atoms with Gasteiger partial charge in [-0.15, -0.1) is 0 Å². The number of amides is 1. The monoisotopic (exact) mass is 608 g/mol. The molecule has 3 N–H and O–H groups in total. The number of aromatic amines is 1. The fourth-order valence-corrected chi connectivity index (χ4v) is 7.58. The molecule has 0 saturated carbocycles. The normalized spacial score (nSPS) is 18.9. The third-order valence-electron chi connectivity index (χ3n) is 10.1. The van der Waals surface area contributed by atoms with Gasteiger partial charge < -0.3 is 29.9 Å². The molecule has 4 aromatic rings. The zero-order valence-corrected chi connectivity index (χ0v) is 26.4. The Hall–Kier alpha value is -3.76. The number of carbonyl (C=O) groups is 1. The number of aromatic nitrogens is 2. The first-order chi connectivity index (χ1) is 21.9. The zero-order valence-electron chi connectivity index (χ0n) is 26.4. The SMILES string of the molecule is Cc1cc(-c2cnc3[nH]cc(-c4ccc(C(=O)N5CC(O)C5)cc4)c3c2)cc(C)c1N1CCN(C2CCN(CCO)CC2)CC1. The number of anilines is 1. The highest BCUT2D eigenvalue weighted by molar-refractivity contribution is 5.98. The molecule has 7 rings (SSSR count). The number of likely N-dealkylation sites (tertiary alicyclic amines) is 2. The molecule has 5 heterocycles. The van der Waals surface area contributed by atoms with E-state index in [0.717, 1.165) is 73.5 Å². The van der Waals surface area contributed by atoms with Gasteiger partial charge in [0.2, 0.25) is 0 Å². The van der Waals surface area contributed by atoms with Crippen LogP contribution in [0.2, 0.25) is 0 Å². The third kappa shape index (κ3) is 5.97. The molecule has 0 spiro atoms. The van der Waals surface area contributed by atoms with Crippen LogP contribution in [0.5, 0.6) is 0 Å². The average Bonchev–Trinajstić information content (AvgIpc) is 3.47. The van der Waals surface area contributed by atoms with Crippen molar-refractivity contribution in [2.45, 2.75) is 38.8 Å². The lowest BCUT2D eigenvalue weighted by Crippen LogP contribution is -2.53. The number of H-pyrrole nitrogens is 1. The largest absolute Gasteiger partial charge is 0.395 e. The van der Waals surface area contributed by atoms with Crippen LogP contribution in [0.15, 0.2) is 54.9 Å². The van der Waals surface area contributed by atoms with Crippen molar-refractivity contribution in [3.63, 3.8) is 0 Å². The lowest BCUT2D eigenvalue weighted by molar-refractivity contribution is 0.00590. The van der Waals surface area contributed by atoms with Gasteiger partial charge in [0, 0.05) is 92.0 Å². The molecule has 0 aliphatic carbocycles. The number of aliphatic hydroxyl groups excluding tert-OH is 2. The molecule has 1 amide bonds. The van der Waals surface area contributed by atoms with Gasteiger partial charge in [-0.1, -0.05) is 12.1 Å². The quantitative estimate of drug-likeness (QED) is 0.293. The molecule has 45 heavy (non-hydrogen) atoms. The number of β-amino-alcohol motifs (C(OH)–C–C–N with tert-alkyl or cyclic N) is 2. The van der Waals surface area contributed by atoms with Crippen molar-refractivity contribution >= 4 is 22.6 Å². The van der Waals surface area contributed by atoms with Gasteiger partial charge in [-0.05, 0) is 92.4 Å². The van der Waals surface area contributed by atoms with Crippen molar-refractivity contribution in [1.82, 2.24) is 24.7 Å². The van der Waals surface area contributed by atoms with Crippen LogP contribution >= 0.6 is 0 Å². The van der Waals surface area contributed by atoms with Crippen LogP contribution in [-0.2, 0) is 0 Å². The second kappa shape index (κ2) is 12.6. The zero-order chi connectivity index (χ0) is 31.1. The minimum Gasteiger partial charge on any atom is -0.395 e. The molecule has 3 fully saturated rings. The second-order valence-corrected chi connectivity index (χ2v) is 13.0. The number of hydrogen-bond acceptors (Lipinski definition) is 7. The van der Waals surface area contributed by atoms with Gasteiger partial charge >= 0.3 is 0 Å². The first kappa shape index (κ1) is 29.9. The molecule has 0 radical (unpaired) electrons. The van der Waals surface area contributed by atoms with E-state index < -0.39 is 6.10 Å². The molecule has 3 aliphatic heterocycles. The van der Waals surface area contributed by atoms with Crippen LogP contribution < -0.4 is 4.90 Å². The summed E-state index contributed by atoms with van der Waals surface area (Å²) in [7, 11) is 0. The van der Waals surface area contributed by atoms with Crippen LogP contribution in [0.1, 0.15) is 34.3 Å². The second-order valence-electron chi connectivity index (χ2n) is 13.0. The molecule has 2 aromatic carbocycles. The van der Waals surface area contributed by atoms with E-state index in [1.807, 2.05) is 36.7 Å². The Labute approximate surface area is 265 Å². The van der Waals surface area contributed by atoms with Crippen molar-refractivity contribution < 1.29 is 15.0 Å². The van der Waals surface area contributed by atoms with Gasteiger partial charge in [-0.2, -0.15) is 0 Å². The molecule has 0 atom stereocenters. The topological polar surface area (TPSA) is 99.2 Å².